The van der Waals surface area contributed by atoms with Crippen LogP contribution in [0.4, 0.5) is 4.79 Å². The van der Waals surface area contributed by atoms with Crippen LogP contribution in [0.2, 0.25) is 0 Å². The molecule has 1 amide bonds. The lowest BCUT2D eigenvalue weighted by molar-refractivity contribution is -0.125. The Morgan fingerprint density at radius 1 is 1.58 bits per heavy atom. The molecule has 0 aliphatic carbocycles. The summed E-state index contributed by atoms with van der Waals surface area (Å²) in [5, 5.41) is 12.1. The van der Waals surface area contributed by atoms with Gasteiger partial charge in [0.2, 0.25) is 0 Å². The third kappa shape index (κ3) is 3.29. The topological polar surface area (TPSA) is 82.5 Å². The first-order valence-electron chi connectivity index (χ1n) is 6.22. The molecule has 1 aliphatic heterocycles. The van der Waals surface area contributed by atoms with Gasteiger partial charge in [0.05, 0.1) is 18.3 Å². The number of rotatable bonds is 3. The summed E-state index contributed by atoms with van der Waals surface area (Å²) in [6.07, 6.45) is 0.665. The molecule has 1 aromatic rings. The molecule has 1 aromatic heterocycles. The van der Waals surface area contributed by atoms with E-state index in [9.17, 15) is 9.59 Å². The van der Waals surface area contributed by atoms with Crippen molar-refractivity contribution < 1.29 is 14.7 Å². The van der Waals surface area contributed by atoms with Gasteiger partial charge in [-0.05, 0) is 18.1 Å². The Hall–Kier alpha value is -1.95. The van der Waals surface area contributed by atoms with Gasteiger partial charge < -0.3 is 15.3 Å². The molecule has 2 heterocycles. The summed E-state index contributed by atoms with van der Waals surface area (Å²) in [5.41, 5.74) is 0.864. The van der Waals surface area contributed by atoms with Crippen LogP contribution in [-0.4, -0.2) is 46.0 Å². The van der Waals surface area contributed by atoms with Crippen molar-refractivity contribution >= 4 is 11.9 Å². The first-order chi connectivity index (χ1) is 9.08. The summed E-state index contributed by atoms with van der Waals surface area (Å²) < 4.78 is 0. The molecule has 0 saturated carbocycles. The van der Waals surface area contributed by atoms with Gasteiger partial charge in [-0.15, -0.1) is 0 Å². The van der Waals surface area contributed by atoms with Crippen LogP contribution >= 0.6 is 0 Å². The Morgan fingerprint density at radius 2 is 2.37 bits per heavy atom. The van der Waals surface area contributed by atoms with Gasteiger partial charge in [-0.3, -0.25) is 9.78 Å². The quantitative estimate of drug-likeness (QED) is 0.840. The number of Topliss-reactive ketones (excluding diaryl/α,β-unsaturated/α-hetero) is 1. The number of amides is 1. The first kappa shape index (κ1) is 13.5. The lowest BCUT2D eigenvalue weighted by Crippen LogP contribution is -2.55. The van der Waals surface area contributed by atoms with E-state index in [2.05, 4.69) is 10.3 Å². The van der Waals surface area contributed by atoms with E-state index in [4.69, 9.17) is 5.11 Å². The summed E-state index contributed by atoms with van der Waals surface area (Å²) in [6, 6.07) is 5.30. The van der Waals surface area contributed by atoms with Crippen molar-refractivity contribution in [1.29, 1.82) is 0 Å². The van der Waals surface area contributed by atoms with Crippen LogP contribution in [0.1, 0.15) is 12.6 Å². The van der Waals surface area contributed by atoms with Crippen LogP contribution in [0.5, 0.6) is 0 Å². The van der Waals surface area contributed by atoms with Gasteiger partial charge in [0.25, 0.3) is 0 Å². The molecule has 6 nitrogen and oxygen atoms in total. The Balaban J connectivity index is 1.94. The molecule has 6 heteroatoms. The number of ketones is 1. The average Bonchev–Trinajstić information content (AvgIpc) is 2.38. The zero-order valence-electron chi connectivity index (χ0n) is 10.7. The van der Waals surface area contributed by atoms with Crippen LogP contribution in [0, 0.1) is 5.92 Å². The Kier molecular flexibility index (Phi) is 4.11. The van der Waals surface area contributed by atoms with Gasteiger partial charge in [0.1, 0.15) is 0 Å². The van der Waals surface area contributed by atoms with Crippen molar-refractivity contribution in [3.8, 4) is 0 Å². The predicted molar refractivity (Wildman–Crippen MR) is 68.6 cm³/mol. The fourth-order valence-corrected chi connectivity index (χ4v) is 2.30. The summed E-state index contributed by atoms with van der Waals surface area (Å²) in [5.74, 6) is -0.127. The number of pyridine rings is 1. The smallest absolute Gasteiger partial charge is 0.407 e. The molecule has 2 rings (SSSR count). The van der Waals surface area contributed by atoms with Crippen molar-refractivity contribution in [3.63, 3.8) is 0 Å². The number of hydrogen-bond donors (Lipinski definition) is 2. The minimum Gasteiger partial charge on any atom is -0.465 e. The third-order valence-corrected chi connectivity index (χ3v) is 3.27. The molecule has 0 radical (unpaired) electrons. The SMILES string of the molecule is CC1CN(C(=O)O)CC(=O)C1NCc1ccccn1. The molecule has 1 aliphatic rings. The normalized spacial score (nSPS) is 23.4. The molecular weight excluding hydrogens is 246 g/mol. The highest BCUT2D eigenvalue weighted by Crippen LogP contribution is 2.14. The summed E-state index contributed by atoms with van der Waals surface area (Å²) in [6.45, 7) is 2.72. The van der Waals surface area contributed by atoms with E-state index < -0.39 is 6.09 Å². The minimum atomic E-state index is -1.04. The lowest BCUT2D eigenvalue weighted by Gasteiger charge is -2.34. The maximum atomic E-state index is 12.0. The van der Waals surface area contributed by atoms with E-state index in [0.29, 0.717) is 13.1 Å². The number of nitrogens with zero attached hydrogens (tertiary/aromatic N) is 2. The second kappa shape index (κ2) is 5.79. The molecule has 1 fully saturated rings. The summed E-state index contributed by atoms with van der Waals surface area (Å²) in [7, 11) is 0. The van der Waals surface area contributed by atoms with Crippen LogP contribution in [0.15, 0.2) is 24.4 Å². The fraction of sp³-hybridized carbons (Fsp3) is 0.462. The third-order valence-electron chi connectivity index (χ3n) is 3.27. The molecule has 1 saturated heterocycles. The number of piperidine rings is 1. The van der Waals surface area contributed by atoms with Gasteiger partial charge in [-0.1, -0.05) is 13.0 Å². The molecule has 2 atom stereocenters. The van der Waals surface area contributed by atoms with Gasteiger partial charge in [0, 0.05) is 19.3 Å². The van der Waals surface area contributed by atoms with Crippen molar-refractivity contribution in [3.05, 3.63) is 30.1 Å². The second-order valence-electron chi connectivity index (χ2n) is 4.79. The number of nitrogens with one attached hydrogen (secondary N) is 1. The molecule has 19 heavy (non-hydrogen) atoms. The summed E-state index contributed by atoms with van der Waals surface area (Å²) in [4.78, 5) is 28.2. The monoisotopic (exact) mass is 263 g/mol. The van der Waals surface area contributed by atoms with Gasteiger partial charge in [-0.2, -0.15) is 0 Å². The number of carbonyl (C=O) groups excluding carboxylic acids is 1. The standard InChI is InChI=1S/C13H17N3O3/c1-9-7-16(13(18)19)8-11(17)12(9)15-6-10-4-2-3-5-14-10/h2-5,9,12,15H,6-8H2,1H3,(H,18,19). The van der Waals surface area contributed by atoms with E-state index in [0.717, 1.165) is 10.6 Å². The Morgan fingerprint density at radius 3 is 2.95 bits per heavy atom. The Labute approximate surface area is 111 Å². The maximum absolute atomic E-state index is 12.0. The largest absolute Gasteiger partial charge is 0.465 e. The highest BCUT2D eigenvalue weighted by molar-refractivity contribution is 5.89. The van der Waals surface area contributed by atoms with Crippen molar-refractivity contribution in [1.82, 2.24) is 15.2 Å². The number of hydrogen-bond acceptors (Lipinski definition) is 4. The maximum Gasteiger partial charge on any atom is 0.407 e. The highest BCUT2D eigenvalue weighted by atomic mass is 16.4. The summed E-state index contributed by atoms with van der Waals surface area (Å²) >= 11 is 0. The highest BCUT2D eigenvalue weighted by Gasteiger charge is 2.34. The number of aromatic nitrogens is 1. The zero-order chi connectivity index (χ0) is 13.8. The van der Waals surface area contributed by atoms with E-state index in [1.54, 1.807) is 6.20 Å². The second-order valence-corrected chi connectivity index (χ2v) is 4.79. The Bertz CT molecular complexity index is 463. The number of likely N-dealkylation sites (tertiary alicyclic amines) is 1. The molecule has 0 spiro atoms. The molecular formula is C13H17N3O3. The van der Waals surface area contributed by atoms with Gasteiger partial charge in [-0.25, -0.2) is 4.79 Å². The van der Waals surface area contributed by atoms with Gasteiger partial charge in [0.15, 0.2) is 5.78 Å². The van der Waals surface area contributed by atoms with E-state index in [-0.39, 0.29) is 24.3 Å². The van der Waals surface area contributed by atoms with Gasteiger partial charge >= 0.3 is 6.09 Å². The molecule has 0 aromatic carbocycles. The fourth-order valence-electron chi connectivity index (χ4n) is 2.30. The van der Waals surface area contributed by atoms with Crippen LogP contribution in [-0.2, 0) is 11.3 Å². The first-order valence-corrected chi connectivity index (χ1v) is 6.22. The van der Waals surface area contributed by atoms with Crippen molar-refractivity contribution in [2.24, 2.45) is 5.92 Å². The van der Waals surface area contributed by atoms with Crippen LogP contribution < -0.4 is 5.32 Å². The number of carbonyl (C=O) groups is 2. The van der Waals surface area contributed by atoms with E-state index in [1.165, 1.54) is 0 Å². The minimum absolute atomic E-state index is 0.0407. The molecule has 0 bridgehead atoms. The molecule has 2 N–H and O–H groups in total. The average molecular weight is 263 g/mol. The van der Waals surface area contributed by atoms with Crippen molar-refractivity contribution in [2.45, 2.75) is 19.5 Å². The molecule has 102 valence electrons. The van der Waals surface area contributed by atoms with Crippen LogP contribution in [0.3, 0.4) is 0 Å². The molecule has 2 unspecified atom stereocenters. The predicted octanol–water partition coefficient (Wildman–Crippen LogP) is 0.739. The zero-order valence-corrected chi connectivity index (χ0v) is 10.7. The van der Waals surface area contributed by atoms with Crippen LogP contribution in [0.25, 0.3) is 0 Å². The van der Waals surface area contributed by atoms with E-state index >= 15 is 0 Å². The lowest BCUT2D eigenvalue weighted by atomic mass is 9.93. The van der Waals surface area contributed by atoms with E-state index in [1.807, 2.05) is 25.1 Å². The number of carboxylic acid groups (broad SMARTS) is 1. The van der Waals surface area contributed by atoms with Crippen molar-refractivity contribution in [2.75, 3.05) is 13.1 Å².